The average Bonchev–Trinajstić information content (AvgIpc) is 3.06. The molecule has 3 nitrogen and oxygen atoms in total. The van der Waals surface area contributed by atoms with E-state index in [2.05, 4.69) is 45.0 Å². The van der Waals surface area contributed by atoms with Crippen LogP contribution in [0.25, 0.3) is 31.4 Å². The lowest BCUT2D eigenvalue weighted by Crippen LogP contribution is -1.89. The van der Waals surface area contributed by atoms with E-state index >= 15 is 0 Å². The first-order valence-corrected chi connectivity index (χ1v) is 7.54. The van der Waals surface area contributed by atoms with Crippen LogP contribution in [0.3, 0.4) is 0 Å². The zero-order valence-electron chi connectivity index (χ0n) is 9.83. The van der Waals surface area contributed by atoms with Gasteiger partial charge in [-0.05, 0) is 34.0 Å². The molecule has 2 N–H and O–H groups in total. The average molecular weight is 283 g/mol. The lowest BCUT2D eigenvalue weighted by molar-refractivity contribution is 1.24. The van der Waals surface area contributed by atoms with Gasteiger partial charge >= 0.3 is 0 Å². The van der Waals surface area contributed by atoms with E-state index in [9.17, 15) is 0 Å². The molecule has 0 radical (unpaired) electrons. The predicted molar refractivity (Wildman–Crippen MR) is 82.6 cm³/mol. The first-order valence-electron chi connectivity index (χ1n) is 5.78. The summed E-state index contributed by atoms with van der Waals surface area (Å²) in [6.07, 6.45) is 1.52. The van der Waals surface area contributed by atoms with Gasteiger partial charge in [0.2, 0.25) is 0 Å². The number of benzene rings is 1. The van der Waals surface area contributed by atoms with Crippen molar-refractivity contribution in [3.8, 4) is 11.1 Å². The molecule has 0 atom stereocenters. The monoisotopic (exact) mass is 283 g/mol. The van der Waals surface area contributed by atoms with Gasteiger partial charge in [-0.2, -0.15) is 11.3 Å². The number of thiophene rings is 2. The number of fused-ring (bicyclic) bond motifs is 3. The van der Waals surface area contributed by atoms with Gasteiger partial charge in [0.05, 0.1) is 10.2 Å². The van der Waals surface area contributed by atoms with Gasteiger partial charge in [-0.25, -0.2) is 9.97 Å². The zero-order valence-corrected chi connectivity index (χ0v) is 11.5. The smallest absolute Gasteiger partial charge is 0.144 e. The second kappa shape index (κ2) is 4.01. The van der Waals surface area contributed by atoms with Gasteiger partial charge < -0.3 is 5.73 Å². The normalized spacial score (nSPS) is 11.4. The molecule has 0 fully saturated rings. The lowest BCUT2D eigenvalue weighted by atomic mass is 10.1. The minimum absolute atomic E-state index is 0.559. The zero-order chi connectivity index (χ0) is 12.8. The standard InChI is InChI=1S/C14H9N3S2/c15-14-13-12(16-7-17-14)10-2-1-8(5-11(10)19-13)9-3-4-18-6-9/h1-7H,(H2,15,16,17). The van der Waals surface area contributed by atoms with Crippen molar-refractivity contribution in [2.45, 2.75) is 0 Å². The summed E-state index contributed by atoms with van der Waals surface area (Å²) < 4.78 is 2.17. The van der Waals surface area contributed by atoms with Crippen molar-refractivity contribution in [1.29, 1.82) is 0 Å². The van der Waals surface area contributed by atoms with Crippen LogP contribution in [0.15, 0.2) is 41.4 Å². The summed E-state index contributed by atoms with van der Waals surface area (Å²) in [5.74, 6) is 0.559. The van der Waals surface area contributed by atoms with Gasteiger partial charge in [-0.15, -0.1) is 11.3 Å². The maximum atomic E-state index is 5.91. The molecule has 0 unspecified atom stereocenters. The molecule has 3 heterocycles. The number of nitrogens with zero attached hydrogens (tertiary/aromatic N) is 2. The van der Waals surface area contributed by atoms with Crippen LogP contribution in [0, 0.1) is 0 Å². The summed E-state index contributed by atoms with van der Waals surface area (Å²) in [6.45, 7) is 0. The van der Waals surface area contributed by atoms with Gasteiger partial charge in [0.15, 0.2) is 0 Å². The molecule has 92 valence electrons. The predicted octanol–water partition coefficient (Wildman–Crippen LogP) is 4.16. The Balaban J connectivity index is 2.05. The van der Waals surface area contributed by atoms with E-state index in [1.165, 1.54) is 22.2 Å². The first kappa shape index (κ1) is 10.9. The van der Waals surface area contributed by atoms with Crippen molar-refractivity contribution < 1.29 is 0 Å². The Morgan fingerprint density at radius 2 is 2.00 bits per heavy atom. The molecule has 0 aliphatic heterocycles. The minimum atomic E-state index is 0.559. The Labute approximate surface area is 117 Å². The number of anilines is 1. The molecule has 4 rings (SSSR count). The second-order valence-electron chi connectivity index (χ2n) is 4.26. The highest BCUT2D eigenvalue weighted by Gasteiger charge is 2.10. The van der Waals surface area contributed by atoms with Gasteiger partial charge in [0.1, 0.15) is 12.1 Å². The van der Waals surface area contributed by atoms with E-state index in [4.69, 9.17) is 5.73 Å². The molecule has 4 aromatic rings. The summed E-state index contributed by atoms with van der Waals surface area (Å²) in [6, 6.07) is 8.58. The summed E-state index contributed by atoms with van der Waals surface area (Å²) >= 11 is 3.36. The molecule has 0 amide bonds. The highest BCUT2D eigenvalue weighted by atomic mass is 32.1. The molecule has 3 aromatic heterocycles. The molecule has 0 aliphatic carbocycles. The Kier molecular flexibility index (Phi) is 2.30. The van der Waals surface area contributed by atoms with Crippen LogP contribution in [0.2, 0.25) is 0 Å². The lowest BCUT2D eigenvalue weighted by Gasteiger charge is -1.97. The third-order valence-corrected chi connectivity index (χ3v) is 4.98. The van der Waals surface area contributed by atoms with Crippen molar-refractivity contribution in [3.63, 3.8) is 0 Å². The van der Waals surface area contributed by atoms with Crippen molar-refractivity contribution in [1.82, 2.24) is 9.97 Å². The fourth-order valence-electron chi connectivity index (χ4n) is 2.20. The van der Waals surface area contributed by atoms with E-state index in [-0.39, 0.29) is 0 Å². The van der Waals surface area contributed by atoms with Crippen molar-refractivity contribution >= 4 is 48.8 Å². The van der Waals surface area contributed by atoms with Crippen LogP contribution in [-0.4, -0.2) is 9.97 Å². The largest absolute Gasteiger partial charge is 0.382 e. The third-order valence-electron chi connectivity index (χ3n) is 3.13. The van der Waals surface area contributed by atoms with E-state index < -0.39 is 0 Å². The maximum Gasteiger partial charge on any atom is 0.144 e. The van der Waals surface area contributed by atoms with E-state index in [0.717, 1.165) is 15.6 Å². The fourth-order valence-corrected chi connectivity index (χ4v) is 3.96. The SMILES string of the molecule is Nc1ncnc2c1sc1cc(-c3ccsc3)ccc12. The number of hydrogen-bond acceptors (Lipinski definition) is 5. The number of rotatable bonds is 1. The summed E-state index contributed by atoms with van der Waals surface area (Å²) in [4.78, 5) is 8.40. The molecule has 5 heteroatoms. The molecule has 0 saturated carbocycles. The Hall–Kier alpha value is -1.98. The number of aromatic nitrogens is 2. The van der Waals surface area contributed by atoms with Crippen LogP contribution in [-0.2, 0) is 0 Å². The van der Waals surface area contributed by atoms with Crippen molar-refractivity contribution in [2.24, 2.45) is 0 Å². The highest BCUT2D eigenvalue weighted by Crippen LogP contribution is 2.37. The van der Waals surface area contributed by atoms with E-state index in [1.807, 2.05) is 0 Å². The second-order valence-corrected chi connectivity index (χ2v) is 6.09. The Bertz CT molecular complexity index is 878. The number of nitrogens with two attached hydrogens (primary N) is 1. The van der Waals surface area contributed by atoms with Crippen LogP contribution in [0.4, 0.5) is 5.82 Å². The summed E-state index contributed by atoms with van der Waals surface area (Å²) in [5.41, 5.74) is 9.34. The molecule has 0 aliphatic rings. The summed E-state index contributed by atoms with van der Waals surface area (Å²) in [5, 5.41) is 5.39. The van der Waals surface area contributed by atoms with Crippen molar-refractivity contribution in [3.05, 3.63) is 41.4 Å². The van der Waals surface area contributed by atoms with Gasteiger partial charge in [0.25, 0.3) is 0 Å². The van der Waals surface area contributed by atoms with Crippen LogP contribution >= 0.6 is 22.7 Å². The quantitative estimate of drug-likeness (QED) is 0.571. The maximum absolute atomic E-state index is 5.91. The molecule has 0 spiro atoms. The fraction of sp³-hybridized carbons (Fsp3) is 0. The molecule has 0 bridgehead atoms. The Morgan fingerprint density at radius 1 is 1.05 bits per heavy atom. The van der Waals surface area contributed by atoms with Crippen LogP contribution in [0.1, 0.15) is 0 Å². The van der Waals surface area contributed by atoms with Crippen LogP contribution in [0.5, 0.6) is 0 Å². The third kappa shape index (κ3) is 1.63. The molecular formula is C14H9N3S2. The van der Waals surface area contributed by atoms with E-state index in [1.54, 1.807) is 22.7 Å². The van der Waals surface area contributed by atoms with Gasteiger partial charge in [-0.3, -0.25) is 0 Å². The molecule has 1 aromatic carbocycles. The van der Waals surface area contributed by atoms with Crippen molar-refractivity contribution in [2.75, 3.05) is 5.73 Å². The van der Waals surface area contributed by atoms with Gasteiger partial charge in [-0.1, -0.05) is 12.1 Å². The van der Waals surface area contributed by atoms with Gasteiger partial charge in [0, 0.05) is 10.1 Å². The molecule has 19 heavy (non-hydrogen) atoms. The Morgan fingerprint density at radius 3 is 2.84 bits per heavy atom. The summed E-state index contributed by atoms with van der Waals surface area (Å²) in [7, 11) is 0. The minimum Gasteiger partial charge on any atom is -0.382 e. The number of hydrogen-bond donors (Lipinski definition) is 1. The first-order chi connectivity index (χ1) is 9.33. The van der Waals surface area contributed by atoms with Crippen LogP contribution < -0.4 is 5.73 Å². The molecule has 0 saturated heterocycles. The highest BCUT2D eigenvalue weighted by molar-refractivity contribution is 7.26. The van der Waals surface area contributed by atoms with E-state index in [0.29, 0.717) is 5.82 Å². The molecular weight excluding hydrogens is 274 g/mol. The number of nitrogen functional groups attached to an aromatic ring is 1. The topological polar surface area (TPSA) is 51.8 Å².